The molecule has 120 valence electrons. The highest BCUT2D eigenvalue weighted by molar-refractivity contribution is 9.10. The van der Waals surface area contributed by atoms with Crippen LogP contribution in [0, 0.1) is 0 Å². The molecule has 0 bridgehead atoms. The summed E-state index contributed by atoms with van der Waals surface area (Å²) in [4.78, 5) is 12.8. The van der Waals surface area contributed by atoms with Gasteiger partial charge in [-0.15, -0.1) is 0 Å². The Kier molecular flexibility index (Phi) is 3.82. The third kappa shape index (κ3) is 2.69. The van der Waals surface area contributed by atoms with Crippen molar-refractivity contribution in [2.75, 3.05) is 0 Å². The minimum Gasteiger partial charge on any atom is -0.463 e. The zero-order chi connectivity index (χ0) is 16.5. The van der Waals surface area contributed by atoms with Crippen LogP contribution in [0.4, 0.5) is 0 Å². The highest BCUT2D eigenvalue weighted by Gasteiger charge is 2.35. The first-order valence-electron chi connectivity index (χ1n) is 7.46. The predicted octanol–water partition coefficient (Wildman–Crippen LogP) is 4.63. The molecule has 0 N–H and O–H groups in total. The molecule has 0 saturated heterocycles. The second kappa shape index (κ2) is 6.13. The van der Waals surface area contributed by atoms with E-state index in [0.717, 1.165) is 15.7 Å². The lowest BCUT2D eigenvalue weighted by Crippen LogP contribution is -2.26. The van der Waals surface area contributed by atoms with Crippen molar-refractivity contribution in [3.8, 4) is 0 Å². The molecule has 1 amide bonds. The van der Waals surface area contributed by atoms with Crippen LogP contribution in [0.5, 0.6) is 0 Å². The largest absolute Gasteiger partial charge is 0.463 e. The van der Waals surface area contributed by atoms with Gasteiger partial charge < -0.3 is 8.83 Å². The highest BCUT2D eigenvalue weighted by Crippen LogP contribution is 2.35. The van der Waals surface area contributed by atoms with Gasteiger partial charge in [-0.1, -0.05) is 28.1 Å². The molecule has 3 heterocycles. The molecule has 1 aromatic carbocycles. The summed E-state index contributed by atoms with van der Waals surface area (Å²) in [7, 11) is 0. The highest BCUT2D eigenvalue weighted by atomic mass is 79.9. The number of hydrogen-bond acceptors (Lipinski definition) is 4. The molecule has 1 aliphatic rings. The van der Waals surface area contributed by atoms with E-state index >= 15 is 0 Å². The van der Waals surface area contributed by atoms with Crippen LogP contribution in [0.1, 0.15) is 34.3 Å². The molecular weight excluding hydrogens is 372 g/mol. The normalized spacial score (nSPS) is 17.1. The molecular formula is C18H13BrN2O3. The Morgan fingerprint density at radius 2 is 1.96 bits per heavy atom. The first kappa shape index (κ1) is 15.0. The number of amides is 1. The number of benzene rings is 1. The van der Waals surface area contributed by atoms with Crippen molar-refractivity contribution in [3.63, 3.8) is 0 Å². The molecule has 4 rings (SSSR count). The molecule has 0 saturated carbocycles. The van der Waals surface area contributed by atoms with Gasteiger partial charge in [-0.2, -0.15) is 5.10 Å². The van der Waals surface area contributed by atoms with Gasteiger partial charge >= 0.3 is 5.91 Å². The van der Waals surface area contributed by atoms with E-state index in [1.54, 1.807) is 18.4 Å². The SMILES string of the molecule is O=C(c1ccco1)N1N=C(c2ccco2)C[C@H]1c1cccc(Br)c1. The quantitative estimate of drug-likeness (QED) is 0.661. The van der Waals surface area contributed by atoms with Gasteiger partial charge in [0, 0.05) is 10.9 Å². The van der Waals surface area contributed by atoms with Gasteiger partial charge in [-0.05, 0) is 42.0 Å². The molecule has 0 spiro atoms. The van der Waals surface area contributed by atoms with Crippen LogP contribution < -0.4 is 0 Å². The maximum Gasteiger partial charge on any atom is 0.310 e. The summed E-state index contributed by atoms with van der Waals surface area (Å²) in [6, 6.07) is 14.6. The Morgan fingerprint density at radius 3 is 2.67 bits per heavy atom. The summed E-state index contributed by atoms with van der Waals surface area (Å²) in [6.07, 6.45) is 3.66. The minimum absolute atomic E-state index is 0.208. The summed E-state index contributed by atoms with van der Waals surface area (Å²) in [5.74, 6) is 0.663. The second-order valence-corrected chi connectivity index (χ2v) is 6.34. The van der Waals surface area contributed by atoms with Crippen LogP contribution in [0.25, 0.3) is 0 Å². The molecule has 0 fully saturated rings. The number of rotatable bonds is 3. The van der Waals surface area contributed by atoms with Gasteiger partial charge in [0.05, 0.1) is 18.6 Å². The van der Waals surface area contributed by atoms with E-state index in [2.05, 4.69) is 21.0 Å². The number of furan rings is 2. The van der Waals surface area contributed by atoms with Crippen molar-refractivity contribution in [2.45, 2.75) is 12.5 Å². The van der Waals surface area contributed by atoms with Gasteiger partial charge in [-0.25, -0.2) is 5.01 Å². The van der Waals surface area contributed by atoms with E-state index in [-0.39, 0.29) is 17.7 Å². The fraction of sp³-hybridized carbons (Fsp3) is 0.111. The Labute approximate surface area is 146 Å². The number of halogens is 1. The summed E-state index contributed by atoms with van der Waals surface area (Å²) >= 11 is 3.48. The van der Waals surface area contributed by atoms with Crippen molar-refractivity contribution in [2.24, 2.45) is 5.10 Å². The monoisotopic (exact) mass is 384 g/mol. The lowest BCUT2D eigenvalue weighted by atomic mass is 10.0. The van der Waals surface area contributed by atoms with Crippen LogP contribution in [0.2, 0.25) is 0 Å². The van der Waals surface area contributed by atoms with Gasteiger partial charge in [0.2, 0.25) is 0 Å². The number of hydrazone groups is 1. The molecule has 3 aromatic rings. The van der Waals surface area contributed by atoms with Crippen LogP contribution in [0.15, 0.2) is 79.5 Å². The third-order valence-corrected chi connectivity index (χ3v) is 4.38. The molecule has 5 nitrogen and oxygen atoms in total. The van der Waals surface area contributed by atoms with Crippen molar-refractivity contribution >= 4 is 27.5 Å². The average Bonchev–Trinajstić information content (AvgIpc) is 3.34. The van der Waals surface area contributed by atoms with E-state index in [1.165, 1.54) is 11.3 Å². The van der Waals surface area contributed by atoms with Crippen molar-refractivity contribution < 1.29 is 13.6 Å². The average molecular weight is 385 g/mol. The van der Waals surface area contributed by atoms with Crippen LogP contribution in [0.3, 0.4) is 0 Å². The summed E-state index contributed by atoms with van der Waals surface area (Å²) in [6.45, 7) is 0. The van der Waals surface area contributed by atoms with Gasteiger partial charge in [-0.3, -0.25) is 4.79 Å². The Hall–Kier alpha value is -2.60. The topological polar surface area (TPSA) is 59.0 Å². The van der Waals surface area contributed by atoms with Crippen LogP contribution in [-0.4, -0.2) is 16.6 Å². The van der Waals surface area contributed by atoms with Crippen molar-refractivity contribution in [1.82, 2.24) is 5.01 Å². The minimum atomic E-state index is -0.272. The van der Waals surface area contributed by atoms with Crippen LogP contribution in [-0.2, 0) is 0 Å². The zero-order valence-corrected chi connectivity index (χ0v) is 14.1. The summed E-state index contributed by atoms with van der Waals surface area (Å²) < 4.78 is 11.6. The summed E-state index contributed by atoms with van der Waals surface area (Å²) in [5, 5.41) is 5.98. The molecule has 0 radical (unpaired) electrons. The number of nitrogens with zero attached hydrogens (tertiary/aromatic N) is 2. The molecule has 6 heteroatoms. The number of carbonyl (C=O) groups is 1. The van der Waals surface area contributed by atoms with E-state index in [1.807, 2.05) is 36.4 Å². The lowest BCUT2D eigenvalue weighted by molar-refractivity contribution is 0.0678. The molecule has 2 aromatic heterocycles. The molecule has 1 aliphatic heterocycles. The first-order valence-corrected chi connectivity index (χ1v) is 8.25. The van der Waals surface area contributed by atoms with Gasteiger partial charge in [0.15, 0.2) is 5.76 Å². The Morgan fingerprint density at radius 1 is 1.12 bits per heavy atom. The second-order valence-electron chi connectivity index (χ2n) is 5.43. The fourth-order valence-corrected chi connectivity index (χ4v) is 3.19. The van der Waals surface area contributed by atoms with E-state index in [0.29, 0.717) is 12.2 Å². The zero-order valence-electron chi connectivity index (χ0n) is 12.6. The Bertz CT molecular complexity index is 885. The molecule has 24 heavy (non-hydrogen) atoms. The van der Waals surface area contributed by atoms with Gasteiger partial charge in [0.25, 0.3) is 0 Å². The number of hydrogen-bond donors (Lipinski definition) is 0. The van der Waals surface area contributed by atoms with E-state index in [9.17, 15) is 4.79 Å². The van der Waals surface area contributed by atoms with Crippen molar-refractivity contribution in [3.05, 3.63) is 82.6 Å². The lowest BCUT2D eigenvalue weighted by Gasteiger charge is -2.21. The molecule has 0 unspecified atom stereocenters. The molecule has 1 atom stereocenters. The van der Waals surface area contributed by atoms with E-state index < -0.39 is 0 Å². The standard InChI is InChI=1S/C18H13BrN2O3/c19-13-5-1-4-12(10-13)15-11-14(16-6-2-8-23-16)20-21(15)18(22)17-7-3-9-24-17/h1-10,15H,11H2/t15-/m0/s1. The fourth-order valence-electron chi connectivity index (χ4n) is 2.78. The van der Waals surface area contributed by atoms with Crippen LogP contribution >= 0.6 is 15.9 Å². The predicted molar refractivity (Wildman–Crippen MR) is 91.6 cm³/mol. The third-order valence-electron chi connectivity index (χ3n) is 3.89. The smallest absolute Gasteiger partial charge is 0.310 e. The van der Waals surface area contributed by atoms with Crippen molar-refractivity contribution in [1.29, 1.82) is 0 Å². The maximum absolute atomic E-state index is 12.8. The number of carbonyl (C=O) groups excluding carboxylic acids is 1. The van der Waals surface area contributed by atoms with Gasteiger partial charge in [0.1, 0.15) is 11.5 Å². The Balaban J connectivity index is 1.73. The maximum atomic E-state index is 12.8. The first-order chi connectivity index (χ1) is 11.7. The molecule has 0 aliphatic carbocycles. The van der Waals surface area contributed by atoms with E-state index in [4.69, 9.17) is 8.83 Å². The summed E-state index contributed by atoms with van der Waals surface area (Å²) in [5.41, 5.74) is 1.74.